The molecule has 0 aromatic heterocycles. The average molecular weight is 326 g/mol. The molecule has 0 saturated carbocycles. The minimum Gasteiger partial charge on any atom is -0.566 e. The monoisotopic (exact) mass is 326 g/mol. The molecule has 124 valence electrons. The summed E-state index contributed by atoms with van der Waals surface area (Å²) in [6.45, 7) is 14.0. The molecule has 2 atom stereocenters. The van der Waals surface area contributed by atoms with E-state index in [9.17, 15) is 14.6 Å². The molecule has 1 rings (SSSR count). The molecule has 0 radical (unpaired) electrons. The smallest absolute Gasteiger partial charge is 0.488 e. The molecule has 0 heterocycles. The van der Waals surface area contributed by atoms with Crippen LogP contribution in [-0.2, 0) is 26.3 Å². The lowest BCUT2D eigenvalue weighted by Crippen LogP contribution is -2.19. The van der Waals surface area contributed by atoms with Crippen molar-refractivity contribution < 1.29 is 19.1 Å². The summed E-state index contributed by atoms with van der Waals surface area (Å²) in [5.41, 5.74) is 2.31. The van der Waals surface area contributed by atoms with Crippen LogP contribution in [0.4, 0.5) is 0 Å². The van der Waals surface area contributed by atoms with Gasteiger partial charge in [0.1, 0.15) is 11.9 Å². The van der Waals surface area contributed by atoms with Crippen LogP contribution in [0.5, 0.6) is 5.75 Å². The molecule has 0 aliphatic heterocycles. The number of aromatic hydroxyl groups is 1. The van der Waals surface area contributed by atoms with Gasteiger partial charge >= 0.3 is 8.25 Å². The molecule has 0 aliphatic carbocycles. The lowest BCUT2D eigenvalue weighted by molar-refractivity contribution is -0.188. The minimum absolute atomic E-state index is 0.201. The molecule has 0 amide bonds. The number of rotatable bonds is 4. The Labute approximate surface area is 134 Å². The van der Waals surface area contributed by atoms with Gasteiger partial charge in [-0.2, -0.15) is 0 Å². The molecule has 0 saturated heterocycles. The summed E-state index contributed by atoms with van der Waals surface area (Å²) in [6.07, 6.45) is 0.0572. The highest BCUT2D eigenvalue weighted by molar-refractivity contribution is 7.30. The van der Waals surface area contributed by atoms with E-state index in [0.29, 0.717) is 12.2 Å². The Bertz CT molecular complexity index is 518. The standard InChI is InChI=1S/C17H27O4P/c1-11(21-22(19)20)8-12-9-13(16(2,3)4)15(18)14(10-12)17(5,6)7/h9-11,18H,8H2,1-7H3. The van der Waals surface area contributed by atoms with E-state index < -0.39 is 14.4 Å². The van der Waals surface area contributed by atoms with Crippen molar-refractivity contribution in [2.45, 2.75) is 71.8 Å². The number of benzene rings is 1. The topological polar surface area (TPSA) is 69.6 Å². The maximum absolute atomic E-state index is 10.7. The number of hydrogen-bond acceptors (Lipinski definition) is 4. The molecular formula is C17H27O4P. The third-order valence-electron chi connectivity index (χ3n) is 3.57. The number of hydrogen-bond donors (Lipinski definition) is 1. The molecule has 0 spiro atoms. The highest BCUT2D eigenvalue weighted by atomic mass is 31.1. The molecule has 1 aromatic rings. The maximum Gasteiger partial charge on any atom is 0.488 e. The molecule has 0 bridgehead atoms. The van der Waals surface area contributed by atoms with Gasteiger partial charge in [-0.1, -0.05) is 53.7 Å². The predicted molar refractivity (Wildman–Crippen MR) is 87.4 cm³/mol. The third-order valence-corrected chi connectivity index (χ3v) is 4.11. The van der Waals surface area contributed by atoms with Crippen molar-refractivity contribution in [3.8, 4) is 5.75 Å². The first kappa shape index (κ1) is 19.1. The molecular weight excluding hydrogens is 299 g/mol. The number of phenols is 1. The van der Waals surface area contributed by atoms with Gasteiger partial charge in [-0.15, -0.1) is 4.52 Å². The lowest BCUT2D eigenvalue weighted by atomic mass is 9.78. The lowest BCUT2D eigenvalue weighted by Gasteiger charge is -2.28. The molecule has 1 aromatic carbocycles. The molecule has 1 N–H and O–H groups in total. The van der Waals surface area contributed by atoms with E-state index in [2.05, 4.69) is 0 Å². The van der Waals surface area contributed by atoms with Crippen LogP contribution in [0.1, 0.15) is 65.2 Å². The van der Waals surface area contributed by atoms with Gasteiger partial charge in [-0.25, -0.2) is 0 Å². The van der Waals surface area contributed by atoms with Crippen molar-refractivity contribution in [1.82, 2.24) is 0 Å². The Kier molecular flexibility index (Phi) is 5.77. The van der Waals surface area contributed by atoms with Crippen molar-refractivity contribution in [2.75, 3.05) is 0 Å². The fourth-order valence-electron chi connectivity index (χ4n) is 2.47. The summed E-state index contributed by atoms with van der Waals surface area (Å²) in [5.74, 6) is 0.326. The minimum atomic E-state index is -2.85. The van der Waals surface area contributed by atoms with Crippen LogP contribution >= 0.6 is 8.25 Å². The Balaban J connectivity index is 3.32. The Hall–Kier alpha value is -0.960. The van der Waals surface area contributed by atoms with Crippen molar-refractivity contribution in [1.29, 1.82) is 0 Å². The largest absolute Gasteiger partial charge is 0.566 e. The zero-order valence-corrected chi connectivity index (χ0v) is 15.5. The first-order valence-electron chi connectivity index (χ1n) is 7.50. The van der Waals surface area contributed by atoms with Crippen LogP contribution in [0.2, 0.25) is 0 Å². The maximum atomic E-state index is 10.7. The van der Waals surface area contributed by atoms with Crippen LogP contribution in [0.3, 0.4) is 0 Å². The summed E-state index contributed by atoms with van der Waals surface area (Å²) in [7, 11) is -2.85. The summed E-state index contributed by atoms with van der Waals surface area (Å²) in [4.78, 5) is 10.7. The van der Waals surface area contributed by atoms with Gasteiger partial charge in [0, 0.05) is 6.42 Å². The molecule has 4 nitrogen and oxygen atoms in total. The SMILES string of the molecule is CC(Cc1cc(C(C)(C)C)c(O)c(C(C)(C)C)c1)O[P+](=O)[O-]. The molecule has 0 aliphatic rings. The summed E-state index contributed by atoms with van der Waals surface area (Å²) in [6, 6.07) is 3.89. The van der Waals surface area contributed by atoms with Gasteiger partial charge in [0.05, 0.1) is 0 Å². The second kappa shape index (κ2) is 6.66. The molecule has 0 fully saturated rings. The van der Waals surface area contributed by atoms with E-state index >= 15 is 0 Å². The van der Waals surface area contributed by atoms with Gasteiger partial charge in [-0.05, 0) is 39.0 Å². The van der Waals surface area contributed by atoms with Crippen LogP contribution in [0, 0.1) is 0 Å². The highest BCUT2D eigenvalue weighted by Gasteiger charge is 2.27. The fourth-order valence-corrected chi connectivity index (χ4v) is 2.84. The van der Waals surface area contributed by atoms with Crippen molar-refractivity contribution in [3.63, 3.8) is 0 Å². The average Bonchev–Trinajstić information content (AvgIpc) is 2.26. The van der Waals surface area contributed by atoms with Gasteiger partial charge < -0.3 is 10.00 Å². The van der Waals surface area contributed by atoms with Gasteiger partial charge in [0.15, 0.2) is 0 Å². The van der Waals surface area contributed by atoms with Gasteiger partial charge in [0.25, 0.3) is 0 Å². The van der Waals surface area contributed by atoms with E-state index in [1.807, 2.05) is 53.7 Å². The zero-order chi connectivity index (χ0) is 17.3. The van der Waals surface area contributed by atoms with Crippen molar-refractivity contribution in [2.24, 2.45) is 0 Å². The first-order chi connectivity index (χ1) is 9.82. The second-order valence-corrected chi connectivity index (χ2v) is 8.54. The van der Waals surface area contributed by atoms with Crippen molar-refractivity contribution in [3.05, 3.63) is 28.8 Å². The van der Waals surface area contributed by atoms with Crippen molar-refractivity contribution >= 4 is 8.25 Å². The predicted octanol–water partition coefficient (Wildman–Crippen LogP) is 3.95. The molecule has 22 heavy (non-hydrogen) atoms. The van der Waals surface area contributed by atoms with E-state index in [-0.39, 0.29) is 10.8 Å². The second-order valence-electron chi connectivity index (χ2n) is 7.88. The zero-order valence-electron chi connectivity index (χ0n) is 14.6. The Morgan fingerprint density at radius 1 is 1.14 bits per heavy atom. The van der Waals surface area contributed by atoms with Crippen LogP contribution < -0.4 is 4.89 Å². The summed E-state index contributed by atoms with van der Waals surface area (Å²) < 4.78 is 15.5. The Morgan fingerprint density at radius 2 is 1.55 bits per heavy atom. The van der Waals surface area contributed by atoms with Gasteiger partial charge in [-0.3, -0.25) is 0 Å². The van der Waals surface area contributed by atoms with E-state index in [1.165, 1.54) is 0 Å². The van der Waals surface area contributed by atoms with E-state index in [4.69, 9.17) is 4.52 Å². The van der Waals surface area contributed by atoms with Crippen LogP contribution in [0.25, 0.3) is 0 Å². The first-order valence-corrected chi connectivity index (χ1v) is 8.60. The summed E-state index contributed by atoms with van der Waals surface area (Å²) >= 11 is 0. The normalized spacial score (nSPS) is 14.8. The Morgan fingerprint density at radius 3 is 1.86 bits per heavy atom. The van der Waals surface area contributed by atoms with Gasteiger partial charge in [0.2, 0.25) is 0 Å². The molecule has 5 heteroatoms. The quantitative estimate of drug-likeness (QED) is 0.851. The number of phenolic OH excluding ortho intramolecular Hbond substituents is 1. The van der Waals surface area contributed by atoms with Crippen LogP contribution in [-0.4, -0.2) is 11.2 Å². The highest BCUT2D eigenvalue weighted by Crippen LogP contribution is 2.40. The van der Waals surface area contributed by atoms with E-state index in [1.54, 1.807) is 6.92 Å². The van der Waals surface area contributed by atoms with Crippen LogP contribution in [0.15, 0.2) is 12.1 Å². The fraction of sp³-hybridized carbons (Fsp3) is 0.647. The van der Waals surface area contributed by atoms with E-state index in [0.717, 1.165) is 16.7 Å². The summed E-state index contributed by atoms with van der Waals surface area (Å²) in [5, 5.41) is 10.6. The third kappa shape index (κ3) is 5.05. The molecule has 2 unspecified atom stereocenters.